The molecule has 102 valence electrons. The quantitative estimate of drug-likeness (QED) is 0.896. The van der Waals surface area contributed by atoms with Crippen molar-refractivity contribution in [3.05, 3.63) is 53.6 Å². The van der Waals surface area contributed by atoms with Gasteiger partial charge in [0.05, 0.1) is 5.56 Å². The fourth-order valence-electron chi connectivity index (χ4n) is 1.89. The van der Waals surface area contributed by atoms with Crippen LogP contribution in [-0.4, -0.2) is 17.0 Å². The van der Waals surface area contributed by atoms with Gasteiger partial charge in [-0.25, -0.2) is 4.98 Å². The molecule has 0 saturated heterocycles. The van der Waals surface area contributed by atoms with Crippen molar-refractivity contribution in [2.75, 3.05) is 7.05 Å². The van der Waals surface area contributed by atoms with Gasteiger partial charge in [0.2, 0.25) is 0 Å². The molecule has 3 nitrogen and oxygen atoms in total. The van der Waals surface area contributed by atoms with Crippen molar-refractivity contribution in [2.45, 2.75) is 18.6 Å². The fourth-order valence-corrected chi connectivity index (χ4v) is 1.89. The Morgan fingerprint density at radius 1 is 1.26 bits per heavy atom. The standard InChI is InChI=1S/C13H14F3N3/c1-17-11(8-12-18-6-7-19-12)9-2-4-10(5-3-9)13(14,15)16/h2-7,11,17H,8H2,1H3,(H,18,19). The summed E-state index contributed by atoms with van der Waals surface area (Å²) in [6.07, 6.45) is -0.340. The van der Waals surface area contributed by atoms with E-state index in [1.807, 2.05) is 0 Å². The predicted octanol–water partition coefficient (Wildman–Crippen LogP) is 2.93. The van der Waals surface area contributed by atoms with Crippen LogP contribution in [0.5, 0.6) is 0 Å². The third kappa shape index (κ3) is 3.35. The van der Waals surface area contributed by atoms with Gasteiger partial charge in [0, 0.05) is 24.9 Å². The Hall–Kier alpha value is -1.82. The van der Waals surface area contributed by atoms with E-state index < -0.39 is 11.7 Å². The van der Waals surface area contributed by atoms with Crippen LogP contribution >= 0.6 is 0 Å². The van der Waals surface area contributed by atoms with Gasteiger partial charge in [0.1, 0.15) is 5.82 Å². The van der Waals surface area contributed by atoms with Gasteiger partial charge < -0.3 is 10.3 Å². The van der Waals surface area contributed by atoms with Crippen LogP contribution in [0, 0.1) is 0 Å². The van der Waals surface area contributed by atoms with Crippen molar-refractivity contribution in [1.29, 1.82) is 0 Å². The normalized spacial score (nSPS) is 13.5. The first kappa shape index (κ1) is 13.6. The van der Waals surface area contributed by atoms with Gasteiger partial charge in [0.15, 0.2) is 0 Å². The topological polar surface area (TPSA) is 40.7 Å². The van der Waals surface area contributed by atoms with Crippen LogP contribution in [0.3, 0.4) is 0 Å². The van der Waals surface area contributed by atoms with E-state index in [4.69, 9.17) is 0 Å². The first-order chi connectivity index (χ1) is 9.00. The molecule has 1 unspecified atom stereocenters. The molecule has 0 saturated carbocycles. The fraction of sp³-hybridized carbons (Fsp3) is 0.308. The summed E-state index contributed by atoms with van der Waals surface area (Å²) in [4.78, 5) is 7.09. The van der Waals surface area contributed by atoms with E-state index in [2.05, 4.69) is 15.3 Å². The van der Waals surface area contributed by atoms with Crippen molar-refractivity contribution < 1.29 is 13.2 Å². The number of nitrogens with one attached hydrogen (secondary N) is 2. The molecule has 1 heterocycles. The summed E-state index contributed by atoms with van der Waals surface area (Å²) in [6, 6.07) is 5.11. The first-order valence-corrected chi connectivity index (χ1v) is 5.83. The maximum absolute atomic E-state index is 12.5. The molecule has 2 aromatic rings. The molecule has 0 aliphatic rings. The number of hydrogen-bond donors (Lipinski definition) is 2. The summed E-state index contributed by atoms with van der Waals surface area (Å²) in [5, 5.41) is 3.07. The van der Waals surface area contributed by atoms with E-state index >= 15 is 0 Å². The number of aromatic amines is 1. The third-order valence-corrected chi connectivity index (χ3v) is 2.94. The highest BCUT2D eigenvalue weighted by molar-refractivity contribution is 5.27. The molecular weight excluding hydrogens is 255 g/mol. The molecule has 19 heavy (non-hydrogen) atoms. The maximum Gasteiger partial charge on any atom is 0.416 e. The van der Waals surface area contributed by atoms with Crippen LogP contribution in [-0.2, 0) is 12.6 Å². The van der Waals surface area contributed by atoms with Crippen molar-refractivity contribution >= 4 is 0 Å². The number of aromatic nitrogens is 2. The van der Waals surface area contributed by atoms with Crippen molar-refractivity contribution in [2.24, 2.45) is 0 Å². The number of imidazole rings is 1. The number of benzene rings is 1. The summed E-state index contributed by atoms with van der Waals surface area (Å²) >= 11 is 0. The molecule has 0 aliphatic heterocycles. The van der Waals surface area contributed by atoms with Crippen LogP contribution in [0.25, 0.3) is 0 Å². The summed E-state index contributed by atoms with van der Waals surface area (Å²) < 4.78 is 37.4. The van der Waals surface area contributed by atoms with Crippen molar-refractivity contribution in [3.63, 3.8) is 0 Å². The number of nitrogens with zero attached hydrogens (tertiary/aromatic N) is 1. The van der Waals surface area contributed by atoms with Crippen molar-refractivity contribution in [3.8, 4) is 0 Å². The predicted molar refractivity (Wildman–Crippen MR) is 65.5 cm³/mol. The van der Waals surface area contributed by atoms with E-state index in [-0.39, 0.29) is 6.04 Å². The van der Waals surface area contributed by atoms with E-state index in [9.17, 15) is 13.2 Å². The van der Waals surface area contributed by atoms with E-state index in [0.717, 1.165) is 23.5 Å². The van der Waals surface area contributed by atoms with Crippen molar-refractivity contribution in [1.82, 2.24) is 15.3 Å². The Morgan fingerprint density at radius 2 is 1.95 bits per heavy atom. The Balaban J connectivity index is 2.15. The highest BCUT2D eigenvalue weighted by atomic mass is 19.4. The number of rotatable bonds is 4. The lowest BCUT2D eigenvalue weighted by atomic mass is 10.0. The van der Waals surface area contributed by atoms with Crippen LogP contribution in [0.15, 0.2) is 36.7 Å². The second-order valence-corrected chi connectivity index (χ2v) is 4.20. The summed E-state index contributed by atoms with van der Waals surface area (Å²) in [6.45, 7) is 0. The molecular formula is C13H14F3N3. The average molecular weight is 269 g/mol. The molecule has 6 heteroatoms. The van der Waals surface area contributed by atoms with E-state index in [0.29, 0.717) is 6.42 Å². The van der Waals surface area contributed by atoms with Gasteiger partial charge in [0.25, 0.3) is 0 Å². The Labute approximate surface area is 108 Å². The molecule has 1 aromatic heterocycles. The largest absolute Gasteiger partial charge is 0.416 e. The third-order valence-electron chi connectivity index (χ3n) is 2.94. The van der Waals surface area contributed by atoms with E-state index in [1.165, 1.54) is 12.1 Å². The molecule has 0 amide bonds. The molecule has 0 radical (unpaired) electrons. The highest BCUT2D eigenvalue weighted by Gasteiger charge is 2.30. The molecule has 1 aromatic carbocycles. The lowest BCUT2D eigenvalue weighted by Crippen LogP contribution is -2.19. The van der Waals surface area contributed by atoms with Crippen LogP contribution in [0.2, 0.25) is 0 Å². The number of H-pyrrole nitrogens is 1. The minimum absolute atomic E-state index is 0.0755. The molecule has 0 aliphatic carbocycles. The molecule has 2 N–H and O–H groups in total. The number of halogens is 3. The second-order valence-electron chi connectivity index (χ2n) is 4.20. The van der Waals surface area contributed by atoms with Crippen LogP contribution < -0.4 is 5.32 Å². The first-order valence-electron chi connectivity index (χ1n) is 5.83. The zero-order chi connectivity index (χ0) is 13.9. The zero-order valence-corrected chi connectivity index (χ0v) is 10.3. The Kier molecular flexibility index (Phi) is 3.90. The van der Waals surface area contributed by atoms with Gasteiger partial charge in [-0.1, -0.05) is 12.1 Å². The van der Waals surface area contributed by atoms with Gasteiger partial charge in [-0.2, -0.15) is 13.2 Å². The average Bonchev–Trinajstić information content (AvgIpc) is 2.88. The lowest BCUT2D eigenvalue weighted by Gasteiger charge is -2.16. The smallest absolute Gasteiger partial charge is 0.349 e. The number of likely N-dealkylation sites (N-methyl/N-ethyl adjacent to an activating group) is 1. The SMILES string of the molecule is CNC(Cc1ncc[nH]1)c1ccc(C(F)(F)F)cc1. The molecule has 2 rings (SSSR count). The van der Waals surface area contributed by atoms with Gasteiger partial charge in [-0.3, -0.25) is 0 Å². The van der Waals surface area contributed by atoms with Crippen LogP contribution in [0.1, 0.15) is 23.0 Å². The van der Waals surface area contributed by atoms with Gasteiger partial charge in [-0.15, -0.1) is 0 Å². The summed E-state index contributed by atoms with van der Waals surface area (Å²) in [5.41, 5.74) is 0.163. The monoisotopic (exact) mass is 269 g/mol. The molecule has 0 bridgehead atoms. The van der Waals surface area contributed by atoms with Gasteiger partial charge >= 0.3 is 6.18 Å². The number of alkyl halides is 3. The number of hydrogen-bond acceptors (Lipinski definition) is 2. The van der Waals surface area contributed by atoms with E-state index in [1.54, 1.807) is 19.4 Å². The lowest BCUT2D eigenvalue weighted by molar-refractivity contribution is -0.137. The Morgan fingerprint density at radius 3 is 2.42 bits per heavy atom. The summed E-state index contributed by atoms with van der Waals surface area (Å²) in [7, 11) is 1.77. The minimum Gasteiger partial charge on any atom is -0.349 e. The van der Waals surface area contributed by atoms with Gasteiger partial charge in [-0.05, 0) is 24.7 Å². The second kappa shape index (κ2) is 5.44. The molecule has 0 spiro atoms. The minimum atomic E-state index is -4.30. The highest BCUT2D eigenvalue weighted by Crippen LogP contribution is 2.30. The molecule has 0 fully saturated rings. The molecule has 1 atom stereocenters. The zero-order valence-electron chi connectivity index (χ0n) is 10.3. The van der Waals surface area contributed by atoms with Crippen LogP contribution in [0.4, 0.5) is 13.2 Å². The Bertz CT molecular complexity index is 503. The summed E-state index contributed by atoms with van der Waals surface area (Å²) in [5.74, 6) is 0.791. The maximum atomic E-state index is 12.5.